The third-order valence-corrected chi connectivity index (χ3v) is 5.59. The summed E-state index contributed by atoms with van der Waals surface area (Å²) < 4.78 is 15.8. The van der Waals surface area contributed by atoms with Crippen molar-refractivity contribution in [3.63, 3.8) is 0 Å². The number of benzene rings is 2. The van der Waals surface area contributed by atoms with Crippen LogP contribution in [0.5, 0.6) is 0 Å². The second kappa shape index (κ2) is 9.32. The first kappa shape index (κ1) is 20.4. The van der Waals surface area contributed by atoms with Crippen molar-refractivity contribution < 1.29 is 9.18 Å². The summed E-state index contributed by atoms with van der Waals surface area (Å²) in [6, 6.07) is 13.8. The Bertz CT molecular complexity index is 999. The van der Waals surface area contributed by atoms with Crippen LogP contribution < -0.4 is 5.32 Å². The van der Waals surface area contributed by atoms with Gasteiger partial charge in [0, 0.05) is 30.2 Å². The monoisotopic (exact) mass is 428 g/mol. The Hall–Kier alpha value is -2.84. The van der Waals surface area contributed by atoms with Crippen LogP contribution in [0.2, 0.25) is 5.02 Å². The number of hydrogen-bond acceptors (Lipinski definition) is 5. The molecule has 2 heterocycles. The molecule has 0 saturated carbocycles. The minimum Gasteiger partial charge on any atom is -0.354 e. The molecule has 1 N–H and O–H groups in total. The molecular weight excluding hydrogens is 407 g/mol. The van der Waals surface area contributed by atoms with Crippen molar-refractivity contribution in [1.82, 2.24) is 30.4 Å². The van der Waals surface area contributed by atoms with Crippen LogP contribution in [0.4, 0.5) is 4.39 Å². The molecule has 1 fully saturated rings. The van der Waals surface area contributed by atoms with E-state index in [-0.39, 0.29) is 17.8 Å². The Morgan fingerprint density at radius 2 is 2.10 bits per heavy atom. The van der Waals surface area contributed by atoms with E-state index in [1.807, 2.05) is 29.2 Å². The van der Waals surface area contributed by atoms with Gasteiger partial charge in [-0.3, -0.25) is 9.69 Å². The Morgan fingerprint density at radius 1 is 1.23 bits per heavy atom. The molecule has 0 radical (unpaired) electrons. The normalized spacial score (nSPS) is 19.1. The number of halogens is 2. The molecule has 1 saturated heterocycles. The summed E-state index contributed by atoms with van der Waals surface area (Å²) in [5, 5.41) is 15.0. The highest BCUT2D eigenvalue weighted by Gasteiger charge is 2.38. The van der Waals surface area contributed by atoms with Crippen molar-refractivity contribution in [2.75, 3.05) is 13.1 Å². The molecule has 7 nitrogen and oxygen atoms in total. The highest BCUT2D eigenvalue weighted by Crippen LogP contribution is 2.28. The SMILES string of the molecule is O=C(NCCc1cccc(Cl)c1)[C@@H]1C[C@@H](n2cnnn2)CN1Cc1ccccc1F. The van der Waals surface area contributed by atoms with Gasteiger partial charge in [-0.15, -0.1) is 5.10 Å². The van der Waals surface area contributed by atoms with Gasteiger partial charge in [-0.05, 0) is 47.0 Å². The average molecular weight is 429 g/mol. The van der Waals surface area contributed by atoms with E-state index in [4.69, 9.17) is 11.6 Å². The molecule has 2 aromatic carbocycles. The molecular formula is C21H22ClFN6O. The third-order valence-electron chi connectivity index (χ3n) is 5.36. The first-order chi connectivity index (χ1) is 14.6. The van der Waals surface area contributed by atoms with Gasteiger partial charge in [0.2, 0.25) is 5.91 Å². The molecule has 0 aliphatic carbocycles. The van der Waals surface area contributed by atoms with Gasteiger partial charge in [-0.2, -0.15) is 0 Å². The van der Waals surface area contributed by atoms with Crippen molar-refractivity contribution in [3.05, 3.63) is 76.8 Å². The number of likely N-dealkylation sites (tertiary alicyclic amines) is 1. The maximum atomic E-state index is 14.2. The van der Waals surface area contributed by atoms with Gasteiger partial charge in [-0.1, -0.05) is 41.9 Å². The largest absolute Gasteiger partial charge is 0.354 e. The van der Waals surface area contributed by atoms with E-state index in [0.29, 0.717) is 43.1 Å². The number of carbonyl (C=O) groups excluding carboxylic acids is 1. The fourth-order valence-electron chi connectivity index (χ4n) is 3.84. The standard InChI is InChI=1S/C21H22ClFN6O/c22-17-6-3-4-15(10-17)8-9-24-21(30)20-11-18(29-14-25-26-27-29)13-28(20)12-16-5-1-2-7-19(16)23/h1-7,10,14,18,20H,8-9,11-13H2,(H,24,30)/t18-,20+/m1/s1. The van der Waals surface area contributed by atoms with Crippen molar-refractivity contribution in [2.45, 2.75) is 31.5 Å². The molecule has 9 heteroatoms. The number of tetrazole rings is 1. The van der Waals surface area contributed by atoms with Gasteiger partial charge in [0.1, 0.15) is 12.1 Å². The first-order valence-electron chi connectivity index (χ1n) is 9.82. The molecule has 3 aromatic rings. The molecule has 1 aliphatic rings. The van der Waals surface area contributed by atoms with Crippen molar-refractivity contribution in [3.8, 4) is 0 Å². The van der Waals surface area contributed by atoms with Crippen molar-refractivity contribution >= 4 is 17.5 Å². The fraction of sp³-hybridized carbons (Fsp3) is 0.333. The maximum absolute atomic E-state index is 14.2. The van der Waals surface area contributed by atoms with Crippen molar-refractivity contribution in [1.29, 1.82) is 0 Å². The van der Waals surface area contributed by atoms with E-state index in [0.717, 1.165) is 5.56 Å². The summed E-state index contributed by atoms with van der Waals surface area (Å²) in [4.78, 5) is 15.0. The molecule has 1 amide bonds. The van der Waals surface area contributed by atoms with E-state index in [1.165, 1.54) is 6.07 Å². The smallest absolute Gasteiger partial charge is 0.237 e. The van der Waals surface area contributed by atoms with Crippen LogP contribution in [0.25, 0.3) is 0 Å². The quantitative estimate of drug-likeness (QED) is 0.626. The van der Waals surface area contributed by atoms with Crippen LogP contribution >= 0.6 is 11.6 Å². The highest BCUT2D eigenvalue weighted by molar-refractivity contribution is 6.30. The van der Waals surface area contributed by atoms with Crippen LogP contribution in [0, 0.1) is 5.82 Å². The van der Waals surface area contributed by atoms with Crippen LogP contribution in [-0.4, -0.2) is 50.1 Å². The Labute approximate surface area is 178 Å². The van der Waals surface area contributed by atoms with Gasteiger partial charge >= 0.3 is 0 Å². The zero-order chi connectivity index (χ0) is 20.9. The van der Waals surface area contributed by atoms with Gasteiger partial charge < -0.3 is 5.32 Å². The Kier molecular flexibility index (Phi) is 6.35. The number of nitrogens with one attached hydrogen (secondary N) is 1. The van der Waals surface area contributed by atoms with E-state index in [1.54, 1.807) is 29.2 Å². The molecule has 1 aromatic heterocycles. The number of carbonyl (C=O) groups is 1. The second-order valence-corrected chi connectivity index (χ2v) is 7.82. The van der Waals surface area contributed by atoms with Crippen LogP contribution in [0.15, 0.2) is 54.9 Å². The molecule has 0 bridgehead atoms. The van der Waals surface area contributed by atoms with Gasteiger partial charge in [-0.25, -0.2) is 9.07 Å². The van der Waals surface area contributed by atoms with E-state index < -0.39 is 6.04 Å². The lowest BCUT2D eigenvalue weighted by atomic mass is 10.1. The number of nitrogens with zero attached hydrogens (tertiary/aromatic N) is 5. The van der Waals surface area contributed by atoms with Gasteiger partial charge in [0.05, 0.1) is 12.1 Å². The van der Waals surface area contributed by atoms with E-state index in [2.05, 4.69) is 20.8 Å². The number of amides is 1. The second-order valence-electron chi connectivity index (χ2n) is 7.39. The maximum Gasteiger partial charge on any atom is 0.237 e. The van der Waals surface area contributed by atoms with E-state index >= 15 is 0 Å². The number of aromatic nitrogens is 4. The van der Waals surface area contributed by atoms with Crippen LogP contribution in [0.1, 0.15) is 23.6 Å². The predicted octanol–water partition coefficient (Wildman–Crippen LogP) is 2.64. The summed E-state index contributed by atoms with van der Waals surface area (Å²) in [6.07, 6.45) is 2.79. The van der Waals surface area contributed by atoms with Gasteiger partial charge in [0.15, 0.2) is 0 Å². The summed E-state index contributed by atoms with van der Waals surface area (Å²) >= 11 is 6.02. The lowest BCUT2D eigenvalue weighted by molar-refractivity contribution is -0.125. The molecule has 0 spiro atoms. The number of rotatable bonds is 7. The average Bonchev–Trinajstić information content (AvgIpc) is 3.40. The molecule has 2 atom stereocenters. The molecule has 4 rings (SSSR count). The van der Waals surface area contributed by atoms with Crippen LogP contribution in [-0.2, 0) is 17.8 Å². The summed E-state index contributed by atoms with van der Waals surface area (Å²) in [5.74, 6) is -0.354. The first-order valence-corrected chi connectivity index (χ1v) is 10.2. The molecule has 1 aliphatic heterocycles. The Morgan fingerprint density at radius 3 is 2.87 bits per heavy atom. The summed E-state index contributed by atoms with van der Waals surface area (Å²) in [6.45, 7) is 1.40. The topological polar surface area (TPSA) is 75.9 Å². The minimum absolute atomic E-state index is 0.0459. The highest BCUT2D eigenvalue weighted by atomic mass is 35.5. The lowest BCUT2D eigenvalue weighted by Gasteiger charge is -2.23. The van der Waals surface area contributed by atoms with Gasteiger partial charge in [0.25, 0.3) is 0 Å². The zero-order valence-electron chi connectivity index (χ0n) is 16.3. The van der Waals surface area contributed by atoms with Crippen LogP contribution in [0.3, 0.4) is 0 Å². The predicted molar refractivity (Wildman–Crippen MR) is 110 cm³/mol. The lowest BCUT2D eigenvalue weighted by Crippen LogP contribution is -2.43. The number of hydrogen-bond donors (Lipinski definition) is 1. The minimum atomic E-state index is -0.391. The molecule has 0 unspecified atom stereocenters. The summed E-state index contributed by atoms with van der Waals surface area (Å²) in [5.41, 5.74) is 1.62. The molecule has 156 valence electrons. The van der Waals surface area contributed by atoms with Crippen molar-refractivity contribution in [2.24, 2.45) is 0 Å². The Balaban J connectivity index is 1.43. The third kappa shape index (κ3) is 4.83. The zero-order valence-corrected chi connectivity index (χ0v) is 17.0. The fourth-order valence-corrected chi connectivity index (χ4v) is 4.05. The molecule has 30 heavy (non-hydrogen) atoms. The summed E-state index contributed by atoms with van der Waals surface area (Å²) in [7, 11) is 0. The van der Waals surface area contributed by atoms with E-state index in [9.17, 15) is 9.18 Å².